The highest BCUT2D eigenvalue weighted by atomic mass is 32.2. The van der Waals surface area contributed by atoms with Crippen LogP contribution >= 0.6 is 0 Å². The topological polar surface area (TPSA) is 112 Å². The van der Waals surface area contributed by atoms with Gasteiger partial charge in [-0.15, -0.1) is 0 Å². The lowest BCUT2D eigenvalue weighted by Crippen LogP contribution is -2.40. The van der Waals surface area contributed by atoms with Crippen LogP contribution in [0.25, 0.3) is 11.3 Å². The van der Waals surface area contributed by atoms with Gasteiger partial charge in [0.1, 0.15) is 11.6 Å². The zero-order chi connectivity index (χ0) is 22.1. The molecule has 1 saturated heterocycles. The predicted molar refractivity (Wildman–Crippen MR) is 123 cm³/mol. The average Bonchev–Trinajstić information content (AvgIpc) is 3.65. The first-order chi connectivity index (χ1) is 15.5. The monoisotopic (exact) mass is 446 g/mol. The van der Waals surface area contributed by atoms with Gasteiger partial charge in [-0.1, -0.05) is 0 Å². The lowest BCUT2D eigenvalue weighted by Gasteiger charge is -2.28. The zero-order valence-corrected chi connectivity index (χ0v) is 18.2. The molecular weight excluding hydrogens is 424 g/mol. The second-order valence-electron chi connectivity index (χ2n) is 8.18. The van der Waals surface area contributed by atoms with E-state index in [0.717, 1.165) is 29.8 Å². The predicted octanol–water partition coefficient (Wildman–Crippen LogP) is 3.27. The SMILES string of the molecule is N#Cc1ccnc(Nc2cc(C3CC3)cc(-c3cncc(N4CCS(=O)(=O)CC4)c3)n2)c1. The van der Waals surface area contributed by atoms with Crippen molar-refractivity contribution in [1.82, 2.24) is 15.0 Å². The zero-order valence-electron chi connectivity index (χ0n) is 17.4. The number of sulfone groups is 1. The van der Waals surface area contributed by atoms with E-state index in [1.165, 1.54) is 5.56 Å². The molecule has 9 heteroatoms. The van der Waals surface area contributed by atoms with Crippen molar-refractivity contribution in [1.29, 1.82) is 5.26 Å². The summed E-state index contributed by atoms with van der Waals surface area (Å²) in [6, 6.07) is 11.6. The van der Waals surface area contributed by atoms with Crippen LogP contribution in [-0.4, -0.2) is 48.0 Å². The lowest BCUT2D eigenvalue weighted by molar-refractivity contribution is 0.586. The maximum atomic E-state index is 11.8. The molecule has 2 fully saturated rings. The minimum Gasteiger partial charge on any atom is -0.368 e. The number of rotatable bonds is 5. The largest absolute Gasteiger partial charge is 0.368 e. The van der Waals surface area contributed by atoms with E-state index >= 15 is 0 Å². The third-order valence-electron chi connectivity index (χ3n) is 5.77. The molecule has 1 aliphatic carbocycles. The van der Waals surface area contributed by atoms with Gasteiger partial charge in [0.25, 0.3) is 0 Å². The van der Waals surface area contributed by atoms with Gasteiger partial charge in [0.15, 0.2) is 9.84 Å². The molecule has 3 aromatic heterocycles. The Hall–Kier alpha value is -3.51. The number of nitrogens with one attached hydrogen (secondary N) is 1. The molecule has 1 N–H and O–H groups in total. The Morgan fingerprint density at radius 3 is 2.62 bits per heavy atom. The van der Waals surface area contributed by atoms with Crippen molar-refractivity contribution in [3.8, 4) is 17.3 Å². The Bertz CT molecular complexity index is 1300. The van der Waals surface area contributed by atoms with Crippen LogP contribution < -0.4 is 10.2 Å². The summed E-state index contributed by atoms with van der Waals surface area (Å²) in [6.45, 7) is 0.938. The van der Waals surface area contributed by atoms with Crippen molar-refractivity contribution >= 4 is 27.2 Å². The maximum absolute atomic E-state index is 11.8. The number of anilines is 3. The van der Waals surface area contributed by atoms with E-state index in [0.29, 0.717) is 36.2 Å². The highest BCUT2D eigenvalue weighted by Crippen LogP contribution is 2.42. The fraction of sp³-hybridized carbons (Fsp3) is 0.304. The van der Waals surface area contributed by atoms with Crippen molar-refractivity contribution < 1.29 is 8.42 Å². The summed E-state index contributed by atoms with van der Waals surface area (Å²) in [4.78, 5) is 15.5. The summed E-state index contributed by atoms with van der Waals surface area (Å²) in [7, 11) is -2.94. The van der Waals surface area contributed by atoms with Crippen LogP contribution in [0.15, 0.2) is 48.9 Å². The van der Waals surface area contributed by atoms with Crippen LogP contribution in [0, 0.1) is 11.3 Å². The highest BCUT2D eigenvalue weighted by molar-refractivity contribution is 7.91. The molecule has 1 saturated carbocycles. The summed E-state index contributed by atoms with van der Waals surface area (Å²) >= 11 is 0. The standard InChI is InChI=1S/C23H22N6O2S/c24-13-16-3-4-26-22(9-16)28-23-12-18(17-1-2-17)11-21(27-23)19-10-20(15-25-14-19)29-5-7-32(30,31)8-6-29/h3-4,9-12,14-15,17H,1-2,5-8H2,(H,26,27,28). The molecule has 162 valence electrons. The van der Waals surface area contributed by atoms with Crippen molar-refractivity contribution in [2.24, 2.45) is 0 Å². The Morgan fingerprint density at radius 1 is 1.06 bits per heavy atom. The molecule has 4 heterocycles. The number of nitriles is 1. The van der Waals surface area contributed by atoms with Crippen LogP contribution in [0.1, 0.15) is 29.9 Å². The second kappa shape index (κ2) is 8.20. The Morgan fingerprint density at radius 2 is 1.88 bits per heavy atom. The van der Waals surface area contributed by atoms with Gasteiger partial charge in [-0.25, -0.2) is 18.4 Å². The summed E-state index contributed by atoms with van der Waals surface area (Å²) in [5, 5.41) is 12.4. The van der Waals surface area contributed by atoms with E-state index in [1.807, 2.05) is 12.1 Å². The van der Waals surface area contributed by atoms with E-state index in [1.54, 1.807) is 30.7 Å². The number of pyridine rings is 3. The van der Waals surface area contributed by atoms with Gasteiger partial charge < -0.3 is 10.2 Å². The first kappa shape index (κ1) is 20.4. The first-order valence-corrected chi connectivity index (χ1v) is 12.4. The van der Waals surface area contributed by atoms with E-state index in [9.17, 15) is 8.42 Å². The molecule has 1 aliphatic heterocycles. The summed E-state index contributed by atoms with van der Waals surface area (Å²) in [5.41, 5.74) is 4.31. The van der Waals surface area contributed by atoms with Crippen LogP contribution in [0.2, 0.25) is 0 Å². The quantitative estimate of drug-likeness (QED) is 0.636. The summed E-state index contributed by atoms with van der Waals surface area (Å²) in [5.74, 6) is 2.09. The number of aromatic nitrogens is 3. The van der Waals surface area contributed by atoms with Gasteiger partial charge in [0, 0.05) is 31.0 Å². The molecule has 0 unspecified atom stereocenters. The van der Waals surface area contributed by atoms with E-state index in [4.69, 9.17) is 10.2 Å². The fourth-order valence-electron chi connectivity index (χ4n) is 3.83. The smallest absolute Gasteiger partial charge is 0.153 e. The Balaban J connectivity index is 1.46. The third kappa shape index (κ3) is 4.55. The molecular formula is C23H22N6O2S. The van der Waals surface area contributed by atoms with Gasteiger partial charge in [0.05, 0.1) is 40.7 Å². The molecule has 8 nitrogen and oxygen atoms in total. The molecule has 2 aliphatic rings. The van der Waals surface area contributed by atoms with Gasteiger partial charge in [-0.2, -0.15) is 5.26 Å². The van der Waals surface area contributed by atoms with Gasteiger partial charge in [0.2, 0.25) is 0 Å². The van der Waals surface area contributed by atoms with Crippen molar-refractivity contribution in [3.05, 3.63) is 60.0 Å². The lowest BCUT2D eigenvalue weighted by atomic mass is 10.1. The molecule has 0 aromatic carbocycles. The van der Waals surface area contributed by atoms with Gasteiger partial charge in [-0.3, -0.25) is 4.98 Å². The molecule has 0 atom stereocenters. The normalized spacial score (nSPS) is 17.5. The molecule has 0 amide bonds. The Kier molecular flexibility index (Phi) is 5.23. The van der Waals surface area contributed by atoms with Crippen LogP contribution in [0.3, 0.4) is 0 Å². The number of hydrogen-bond acceptors (Lipinski definition) is 8. The van der Waals surface area contributed by atoms with E-state index < -0.39 is 9.84 Å². The van der Waals surface area contributed by atoms with Crippen LogP contribution in [0.4, 0.5) is 17.3 Å². The molecule has 0 spiro atoms. The molecule has 5 rings (SSSR count). The Labute approximate surface area is 186 Å². The van der Waals surface area contributed by atoms with Crippen LogP contribution in [0.5, 0.6) is 0 Å². The van der Waals surface area contributed by atoms with Gasteiger partial charge >= 0.3 is 0 Å². The van der Waals surface area contributed by atoms with Crippen molar-refractivity contribution in [2.45, 2.75) is 18.8 Å². The van der Waals surface area contributed by atoms with Gasteiger partial charge in [-0.05, 0) is 54.7 Å². The van der Waals surface area contributed by atoms with E-state index in [-0.39, 0.29) is 11.5 Å². The molecule has 3 aromatic rings. The van der Waals surface area contributed by atoms with E-state index in [2.05, 4.69) is 32.3 Å². The fourth-order valence-corrected chi connectivity index (χ4v) is 5.03. The van der Waals surface area contributed by atoms with Crippen molar-refractivity contribution in [2.75, 3.05) is 34.8 Å². The highest BCUT2D eigenvalue weighted by Gasteiger charge is 2.25. The molecule has 0 bridgehead atoms. The second-order valence-corrected chi connectivity index (χ2v) is 10.5. The molecule has 32 heavy (non-hydrogen) atoms. The summed E-state index contributed by atoms with van der Waals surface area (Å²) < 4.78 is 23.5. The van der Waals surface area contributed by atoms with Crippen LogP contribution in [-0.2, 0) is 9.84 Å². The summed E-state index contributed by atoms with van der Waals surface area (Å²) in [6.07, 6.45) is 7.46. The average molecular weight is 447 g/mol. The maximum Gasteiger partial charge on any atom is 0.153 e. The third-order valence-corrected chi connectivity index (χ3v) is 7.38. The molecule has 0 radical (unpaired) electrons. The minimum absolute atomic E-state index is 0.162. The number of nitrogens with zero attached hydrogens (tertiary/aromatic N) is 5. The number of hydrogen-bond donors (Lipinski definition) is 1. The van der Waals surface area contributed by atoms with Crippen molar-refractivity contribution in [3.63, 3.8) is 0 Å². The minimum atomic E-state index is -2.94. The first-order valence-electron chi connectivity index (χ1n) is 10.5.